The third kappa shape index (κ3) is 42.6. The number of carbonyl (C=O) groups is 2. The molecule has 0 aromatic rings. The number of ether oxygens (including phenoxy) is 2. The lowest BCUT2D eigenvalue weighted by Crippen LogP contribution is -2.37. The first-order valence-electron chi connectivity index (χ1n) is 23.7. The van der Waals surface area contributed by atoms with Crippen molar-refractivity contribution in [2.24, 2.45) is 0 Å². The average molecular weight is 818 g/mol. The van der Waals surface area contributed by atoms with Crippen molar-refractivity contribution in [1.29, 1.82) is 0 Å². The number of rotatable bonds is 44. The van der Waals surface area contributed by atoms with E-state index in [0.29, 0.717) is 17.4 Å². The maximum atomic E-state index is 12.7. The Bertz CT molecular complexity index is 927. The van der Waals surface area contributed by atoms with Gasteiger partial charge in [0.25, 0.3) is 7.82 Å². The molecule has 0 aliphatic rings. The van der Waals surface area contributed by atoms with Gasteiger partial charge in [0.1, 0.15) is 19.8 Å². The number of unbranched alkanes of at least 4 members (excludes halogenated alkanes) is 30. The van der Waals surface area contributed by atoms with Crippen molar-refractivity contribution in [2.45, 2.75) is 238 Å². The highest BCUT2D eigenvalue weighted by Crippen LogP contribution is 2.38. The summed E-state index contributed by atoms with van der Waals surface area (Å²) >= 11 is 0. The molecule has 0 heterocycles. The lowest BCUT2D eigenvalue weighted by molar-refractivity contribution is -0.870. The zero-order valence-corrected chi connectivity index (χ0v) is 38.5. The van der Waals surface area contributed by atoms with E-state index in [9.17, 15) is 19.0 Å². The molecule has 1 unspecified atom stereocenters. The molecule has 9 nitrogen and oxygen atoms in total. The molecule has 0 saturated carbocycles. The molecular formula is C46H92NO8P. The highest BCUT2D eigenvalue weighted by atomic mass is 31.2. The Morgan fingerprint density at radius 3 is 1.14 bits per heavy atom. The molecule has 56 heavy (non-hydrogen) atoms. The fourth-order valence-corrected chi connectivity index (χ4v) is 7.62. The molecule has 0 aliphatic heterocycles. The average Bonchev–Trinajstić information content (AvgIpc) is 3.15. The maximum Gasteiger partial charge on any atom is 0.306 e. The molecule has 0 amide bonds. The van der Waals surface area contributed by atoms with Gasteiger partial charge in [-0.3, -0.25) is 14.2 Å². The van der Waals surface area contributed by atoms with Crippen LogP contribution in [-0.2, 0) is 32.7 Å². The molecule has 0 aromatic carbocycles. The molecule has 0 spiro atoms. The fourth-order valence-electron chi connectivity index (χ4n) is 6.89. The molecule has 0 rings (SSSR count). The third-order valence-electron chi connectivity index (χ3n) is 10.6. The molecule has 0 N–H and O–H groups in total. The van der Waals surface area contributed by atoms with Crippen LogP contribution in [-0.4, -0.2) is 70.0 Å². The van der Waals surface area contributed by atoms with E-state index in [0.717, 1.165) is 32.1 Å². The Morgan fingerprint density at radius 1 is 0.482 bits per heavy atom. The molecule has 0 fully saturated rings. The molecule has 0 bridgehead atoms. The number of nitrogens with zero attached hydrogens (tertiary/aromatic N) is 1. The topological polar surface area (TPSA) is 111 Å². The standard InChI is InChI=1S/C46H92NO8P/c1-6-8-10-12-14-16-18-20-22-23-24-25-27-29-31-33-35-37-39-46(49)55-44(43-54-56(50,51)53-41-40-47(3,4)5)42-52-45(48)38-36-34-32-30-28-26-21-19-17-15-13-11-9-7-2/h44H,6-43H2,1-5H3/t44-/m1/s1. The third-order valence-corrected chi connectivity index (χ3v) is 11.6. The Morgan fingerprint density at radius 2 is 0.804 bits per heavy atom. The Labute approximate surface area is 346 Å². The number of quaternary nitrogens is 1. The summed E-state index contributed by atoms with van der Waals surface area (Å²) in [7, 11) is 1.18. The highest BCUT2D eigenvalue weighted by molar-refractivity contribution is 7.45. The normalized spacial score (nSPS) is 13.5. The van der Waals surface area contributed by atoms with Crippen LogP contribution in [0.15, 0.2) is 0 Å². The van der Waals surface area contributed by atoms with Crippen molar-refractivity contribution < 1.29 is 42.1 Å². The van der Waals surface area contributed by atoms with Gasteiger partial charge in [0.2, 0.25) is 0 Å². The van der Waals surface area contributed by atoms with Gasteiger partial charge in [-0.1, -0.05) is 206 Å². The minimum atomic E-state index is -4.62. The summed E-state index contributed by atoms with van der Waals surface area (Å²) < 4.78 is 34.0. The number of esters is 2. The van der Waals surface area contributed by atoms with Crippen LogP contribution in [0.2, 0.25) is 0 Å². The minimum absolute atomic E-state index is 0.0255. The van der Waals surface area contributed by atoms with Gasteiger partial charge in [0, 0.05) is 12.8 Å². The fraction of sp³-hybridized carbons (Fsp3) is 0.957. The van der Waals surface area contributed by atoms with Crippen molar-refractivity contribution in [3.05, 3.63) is 0 Å². The Kier molecular flexibility index (Phi) is 38.8. The molecule has 0 aromatic heterocycles. The summed E-state index contributed by atoms with van der Waals surface area (Å²) in [5.41, 5.74) is 0. The Hall–Kier alpha value is -0.990. The van der Waals surface area contributed by atoms with Gasteiger partial charge < -0.3 is 27.9 Å². The predicted molar refractivity (Wildman–Crippen MR) is 232 cm³/mol. The molecule has 0 saturated heterocycles. The highest BCUT2D eigenvalue weighted by Gasteiger charge is 2.21. The van der Waals surface area contributed by atoms with Crippen molar-refractivity contribution in [1.82, 2.24) is 0 Å². The smallest absolute Gasteiger partial charge is 0.306 e. The minimum Gasteiger partial charge on any atom is -0.756 e. The number of phosphoric ester groups is 1. The first kappa shape index (κ1) is 55.0. The van der Waals surface area contributed by atoms with Crippen molar-refractivity contribution in [3.63, 3.8) is 0 Å². The summed E-state index contributed by atoms with van der Waals surface area (Å²) in [5.74, 6) is -0.817. The summed E-state index contributed by atoms with van der Waals surface area (Å²) in [6.45, 7) is 4.27. The van der Waals surface area contributed by atoms with E-state index in [2.05, 4.69) is 13.8 Å². The van der Waals surface area contributed by atoms with Gasteiger partial charge in [-0.25, -0.2) is 0 Å². The van der Waals surface area contributed by atoms with Crippen LogP contribution < -0.4 is 4.89 Å². The summed E-state index contributed by atoms with van der Waals surface area (Å²) in [4.78, 5) is 37.6. The summed E-state index contributed by atoms with van der Waals surface area (Å²) in [6, 6.07) is 0. The summed E-state index contributed by atoms with van der Waals surface area (Å²) in [5, 5.41) is 0. The van der Waals surface area contributed by atoms with Crippen molar-refractivity contribution in [3.8, 4) is 0 Å². The van der Waals surface area contributed by atoms with Crippen LogP contribution >= 0.6 is 7.82 Å². The van der Waals surface area contributed by atoms with E-state index in [1.165, 1.54) is 167 Å². The second-order valence-electron chi connectivity index (χ2n) is 17.5. The van der Waals surface area contributed by atoms with Gasteiger partial charge in [-0.05, 0) is 12.8 Å². The molecule has 0 aliphatic carbocycles. The first-order chi connectivity index (χ1) is 27.0. The Balaban J connectivity index is 4.25. The van der Waals surface area contributed by atoms with Crippen LogP contribution in [0.5, 0.6) is 0 Å². The monoisotopic (exact) mass is 818 g/mol. The van der Waals surface area contributed by atoms with E-state index in [4.69, 9.17) is 18.5 Å². The van der Waals surface area contributed by atoms with E-state index >= 15 is 0 Å². The quantitative estimate of drug-likeness (QED) is 0.0259. The van der Waals surface area contributed by atoms with E-state index < -0.39 is 26.5 Å². The van der Waals surface area contributed by atoms with E-state index in [-0.39, 0.29) is 32.0 Å². The molecule has 0 radical (unpaired) electrons. The SMILES string of the molecule is CCCCCCCCCCCCCCCCCCCCC(=O)O[C@H](COC(=O)CCCCCCCCCCCCCCCC)COP(=O)([O-])OCC[N+](C)(C)C. The van der Waals surface area contributed by atoms with Crippen LogP contribution in [0.25, 0.3) is 0 Å². The molecule has 2 atom stereocenters. The molecular weight excluding hydrogens is 725 g/mol. The van der Waals surface area contributed by atoms with Crippen LogP contribution in [0.1, 0.15) is 232 Å². The largest absolute Gasteiger partial charge is 0.756 e. The number of likely N-dealkylation sites (N-methyl/N-ethyl adjacent to an activating group) is 1. The predicted octanol–water partition coefficient (Wildman–Crippen LogP) is 13.0. The van der Waals surface area contributed by atoms with E-state index in [1.807, 2.05) is 21.1 Å². The first-order valence-corrected chi connectivity index (χ1v) is 25.2. The van der Waals surface area contributed by atoms with Gasteiger partial charge >= 0.3 is 11.9 Å². The lowest BCUT2D eigenvalue weighted by atomic mass is 10.0. The second-order valence-corrected chi connectivity index (χ2v) is 18.9. The van der Waals surface area contributed by atoms with Gasteiger partial charge in [0.15, 0.2) is 6.10 Å². The zero-order valence-electron chi connectivity index (χ0n) is 37.6. The molecule has 334 valence electrons. The zero-order chi connectivity index (χ0) is 41.4. The van der Waals surface area contributed by atoms with Crippen LogP contribution in [0.4, 0.5) is 0 Å². The van der Waals surface area contributed by atoms with Gasteiger partial charge in [-0.15, -0.1) is 0 Å². The van der Waals surface area contributed by atoms with Crippen LogP contribution in [0, 0.1) is 0 Å². The number of carbonyl (C=O) groups excluding carboxylic acids is 2. The maximum absolute atomic E-state index is 12.7. The lowest BCUT2D eigenvalue weighted by Gasteiger charge is -2.28. The van der Waals surface area contributed by atoms with Gasteiger partial charge in [-0.2, -0.15) is 0 Å². The molecule has 10 heteroatoms. The number of hydrogen-bond acceptors (Lipinski definition) is 8. The van der Waals surface area contributed by atoms with Crippen molar-refractivity contribution >= 4 is 19.8 Å². The second kappa shape index (κ2) is 39.5. The van der Waals surface area contributed by atoms with Gasteiger partial charge in [0.05, 0.1) is 27.7 Å². The van der Waals surface area contributed by atoms with Crippen molar-refractivity contribution in [2.75, 3.05) is 47.5 Å². The number of phosphoric acid groups is 1. The van der Waals surface area contributed by atoms with Crippen LogP contribution in [0.3, 0.4) is 0 Å². The van der Waals surface area contributed by atoms with E-state index in [1.54, 1.807) is 0 Å². The summed E-state index contributed by atoms with van der Waals surface area (Å²) in [6.07, 6.45) is 39.8. The number of hydrogen-bond donors (Lipinski definition) is 0.